The van der Waals surface area contributed by atoms with Crippen LogP contribution in [-0.4, -0.2) is 42.7 Å². The molecule has 0 N–H and O–H groups in total. The number of methoxy groups -OCH3 is 2. The summed E-state index contributed by atoms with van der Waals surface area (Å²) in [4.78, 5) is 28.0. The normalized spacial score (nSPS) is 15.2. The van der Waals surface area contributed by atoms with Crippen LogP contribution in [0.5, 0.6) is 5.75 Å². The maximum Gasteiger partial charge on any atom is 0.325 e. The van der Waals surface area contributed by atoms with Crippen LogP contribution in [0.1, 0.15) is 5.56 Å². The van der Waals surface area contributed by atoms with Crippen LogP contribution >= 0.6 is 39.7 Å². The zero-order valence-corrected chi connectivity index (χ0v) is 18.7. The third-order valence-electron chi connectivity index (χ3n) is 4.20. The highest BCUT2D eigenvalue weighted by atomic mass is 79.9. The third-order valence-corrected chi connectivity index (χ3v) is 5.34. The summed E-state index contributed by atoms with van der Waals surface area (Å²) >= 11 is 15.2. The second-order valence-corrected chi connectivity index (χ2v) is 7.65. The van der Waals surface area contributed by atoms with E-state index in [4.69, 9.17) is 33.3 Å². The Balaban J connectivity index is 2.14. The summed E-state index contributed by atoms with van der Waals surface area (Å²) in [6, 6.07) is 12.4. The molecule has 1 amide bonds. The lowest BCUT2D eigenvalue weighted by Crippen LogP contribution is -2.35. The summed E-state index contributed by atoms with van der Waals surface area (Å²) in [7, 11) is 2.76. The number of amides is 1. The van der Waals surface area contributed by atoms with Crippen molar-refractivity contribution >= 4 is 68.5 Å². The van der Waals surface area contributed by atoms with E-state index in [1.165, 1.54) is 24.0 Å². The van der Waals surface area contributed by atoms with Crippen LogP contribution in [0, 0.1) is 0 Å². The number of ether oxygens (including phenoxy) is 2. The van der Waals surface area contributed by atoms with Gasteiger partial charge in [0, 0.05) is 10.0 Å². The average Bonchev–Trinajstić information content (AvgIpc) is 2.92. The van der Waals surface area contributed by atoms with Crippen molar-refractivity contribution < 1.29 is 19.1 Å². The van der Waals surface area contributed by atoms with Crippen molar-refractivity contribution in [3.8, 4) is 5.75 Å². The average molecular weight is 496 g/mol. The fraction of sp³-hybridized carbons (Fsp3) is 0.150. The first-order chi connectivity index (χ1) is 13.9. The van der Waals surface area contributed by atoms with Crippen LogP contribution in [0.25, 0.3) is 6.08 Å². The Bertz CT molecular complexity index is 1010. The van der Waals surface area contributed by atoms with E-state index in [9.17, 15) is 9.59 Å². The van der Waals surface area contributed by atoms with E-state index in [1.807, 2.05) is 6.07 Å². The number of esters is 1. The summed E-state index contributed by atoms with van der Waals surface area (Å²) in [5.41, 5.74) is 1.36. The molecule has 0 atom stereocenters. The summed E-state index contributed by atoms with van der Waals surface area (Å²) in [6.45, 7) is -0.208. The number of halogens is 2. The Morgan fingerprint density at radius 1 is 1.24 bits per heavy atom. The van der Waals surface area contributed by atoms with Crippen LogP contribution < -0.4 is 9.64 Å². The molecular formula is C20H16BrClN2O4S. The molecule has 1 aliphatic rings. The van der Waals surface area contributed by atoms with Crippen molar-refractivity contribution in [3.63, 3.8) is 0 Å². The Morgan fingerprint density at radius 2 is 1.93 bits per heavy atom. The fourth-order valence-corrected chi connectivity index (χ4v) is 4.14. The Morgan fingerprint density at radius 3 is 2.55 bits per heavy atom. The molecule has 6 nitrogen and oxygen atoms in total. The van der Waals surface area contributed by atoms with Crippen molar-refractivity contribution in [1.82, 2.24) is 4.90 Å². The fourth-order valence-electron chi connectivity index (χ4n) is 2.88. The highest BCUT2D eigenvalue weighted by Crippen LogP contribution is 2.36. The summed E-state index contributed by atoms with van der Waals surface area (Å²) in [5, 5.41) is 0.555. The minimum absolute atomic E-state index is 0.179. The molecule has 1 fully saturated rings. The quantitative estimate of drug-likeness (QED) is 0.351. The number of nitrogens with zero attached hydrogens (tertiary/aromatic N) is 2. The summed E-state index contributed by atoms with van der Waals surface area (Å²) in [6.07, 6.45) is 1.59. The van der Waals surface area contributed by atoms with E-state index in [0.717, 1.165) is 0 Å². The molecule has 1 heterocycles. The van der Waals surface area contributed by atoms with Crippen LogP contribution in [0.4, 0.5) is 5.69 Å². The molecule has 150 valence electrons. The van der Waals surface area contributed by atoms with Crippen molar-refractivity contribution in [2.24, 2.45) is 0 Å². The van der Waals surface area contributed by atoms with Gasteiger partial charge in [0.2, 0.25) is 0 Å². The number of para-hydroxylation sites is 1. The zero-order valence-electron chi connectivity index (χ0n) is 15.5. The van der Waals surface area contributed by atoms with Crippen molar-refractivity contribution in [1.29, 1.82) is 0 Å². The molecule has 2 aromatic rings. The number of benzene rings is 2. The van der Waals surface area contributed by atoms with Gasteiger partial charge < -0.3 is 14.4 Å². The second kappa shape index (κ2) is 8.94. The minimum atomic E-state index is -0.528. The van der Waals surface area contributed by atoms with Crippen LogP contribution in [-0.2, 0) is 14.3 Å². The first kappa shape index (κ1) is 21.3. The van der Waals surface area contributed by atoms with Gasteiger partial charge in [0.25, 0.3) is 5.91 Å². The first-order valence-corrected chi connectivity index (χ1v) is 9.97. The number of thiocarbonyl (C=S) groups is 1. The van der Waals surface area contributed by atoms with Crippen molar-refractivity contribution in [2.75, 3.05) is 25.7 Å². The number of hydrogen-bond donors (Lipinski definition) is 0. The summed E-state index contributed by atoms with van der Waals surface area (Å²) < 4.78 is 10.9. The molecule has 1 aliphatic heterocycles. The number of anilines is 1. The lowest BCUT2D eigenvalue weighted by atomic mass is 10.1. The minimum Gasteiger partial charge on any atom is -0.495 e. The Kier molecular flexibility index (Phi) is 6.56. The topological polar surface area (TPSA) is 59.1 Å². The van der Waals surface area contributed by atoms with Gasteiger partial charge in [-0.15, -0.1) is 0 Å². The van der Waals surface area contributed by atoms with E-state index in [0.29, 0.717) is 26.5 Å². The molecule has 0 unspecified atom stereocenters. The molecule has 0 radical (unpaired) electrons. The van der Waals surface area contributed by atoms with E-state index in [1.54, 1.807) is 42.5 Å². The molecule has 0 saturated carbocycles. The number of carbonyl (C=O) groups excluding carboxylic acids is 2. The molecule has 1 saturated heterocycles. The first-order valence-electron chi connectivity index (χ1n) is 8.40. The molecule has 0 bridgehead atoms. The summed E-state index contributed by atoms with van der Waals surface area (Å²) in [5.74, 6) is -0.499. The predicted molar refractivity (Wildman–Crippen MR) is 119 cm³/mol. The maximum atomic E-state index is 13.3. The van der Waals surface area contributed by atoms with E-state index < -0.39 is 5.97 Å². The largest absolute Gasteiger partial charge is 0.495 e. The van der Waals surface area contributed by atoms with Crippen LogP contribution in [0.15, 0.2) is 52.6 Å². The van der Waals surface area contributed by atoms with E-state index in [-0.39, 0.29) is 23.3 Å². The predicted octanol–water partition coefficient (Wildman–Crippen LogP) is 4.26. The van der Waals surface area contributed by atoms with Gasteiger partial charge in [0.1, 0.15) is 18.0 Å². The molecule has 2 aromatic carbocycles. The van der Waals surface area contributed by atoms with E-state index in [2.05, 4.69) is 15.9 Å². The smallest absolute Gasteiger partial charge is 0.325 e. The number of hydrogen-bond acceptors (Lipinski definition) is 5. The van der Waals surface area contributed by atoms with Crippen molar-refractivity contribution in [3.05, 3.63) is 63.2 Å². The maximum absolute atomic E-state index is 13.3. The van der Waals surface area contributed by atoms with Crippen LogP contribution in [0.3, 0.4) is 0 Å². The lowest BCUT2D eigenvalue weighted by Gasteiger charge is -2.19. The van der Waals surface area contributed by atoms with Crippen molar-refractivity contribution in [2.45, 2.75) is 0 Å². The van der Waals surface area contributed by atoms with Gasteiger partial charge in [-0.2, -0.15) is 0 Å². The van der Waals surface area contributed by atoms with Crippen LogP contribution in [0.2, 0.25) is 5.02 Å². The molecule has 0 aromatic heterocycles. The van der Waals surface area contributed by atoms with Gasteiger partial charge >= 0.3 is 5.97 Å². The van der Waals surface area contributed by atoms with Gasteiger partial charge in [-0.05, 0) is 42.6 Å². The highest BCUT2D eigenvalue weighted by molar-refractivity contribution is 9.10. The van der Waals surface area contributed by atoms with Gasteiger partial charge in [-0.25, -0.2) is 0 Å². The lowest BCUT2D eigenvalue weighted by molar-refractivity contribution is -0.140. The standard InChI is InChI=1S/C20H16BrClN2O4S/c1-27-17(25)11-23-16(9-12-8-13(21)10-15(22)18(12)28-2)19(26)24(20(23)29)14-6-4-3-5-7-14/h3-10H,11H2,1-2H3. The zero-order chi connectivity index (χ0) is 21.1. The van der Waals surface area contributed by atoms with Gasteiger partial charge in [-0.3, -0.25) is 14.5 Å². The molecule has 0 aliphatic carbocycles. The monoisotopic (exact) mass is 494 g/mol. The Labute approximate surface area is 186 Å². The molecule has 9 heteroatoms. The number of carbonyl (C=O) groups is 2. The third kappa shape index (κ3) is 4.29. The van der Waals surface area contributed by atoms with Gasteiger partial charge in [-0.1, -0.05) is 45.7 Å². The van der Waals surface area contributed by atoms with Gasteiger partial charge in [0.05, 0.1) is 24.9 Å². The second-order valence-electron chi connectivity index (χ2n) is 5.96. The molecule has 3 rings (SSSR count). The molecule has 0 spiro atoms. The number of rotatable bonds is 5. The Hall–Kier alpha value is -2.42. The SMILES string of the molecule is COC(=O)CN1C(=S)N(c2ccccc2)C(=O)C1=Cc1cc(Br)cc(Cl)c1OC. The van der Waals surface area contributed by atoms with Gasteiger partial charge in [0.15, 0.2) is 5.11 Å². The molecule has 29 heavy (non-hydrogen) atoms. The van der Waals surface area contributed by atoms with E-state index >= 15 is 0 Å². The highest BCUT2D eigenvalue weighted by Gasteiger charge is 2.40. The molecular weight excluding hydrogens is 480 g/mol.